The normalized spacial score (nSPS) is 13.2. The molecule has 2 heterocycles. The van der Waals surface area contributed by atoms with Crippen molar-refractivity contribution in [3.05, 3.63) is 63.0 Å². The van der Waals surface area contributed by atoms with Crippen LogP contribution in [0.3, 0.4) is 0 Å². The summed E-state index contributed by atoms with van der Waals surface area (Å²) in [6.07, 6.45) is 0.312. The van der Waals surface area contributed by atoms with Crippen LogP contribution in [-0.4, -0.2) is 33.4 Å². The van der Waals surface area contributed by atoms with Gasteiger partial charge in [-0.1, -0.05) is 18.5 Å². The lowest BCUT2D eigenvalue weighted by atomic mass is 10.1. The molecule has 0 radical (unpaired) electrons. The van der Waals surface area contributed by atoms with Gasteiger partial charge in [0.05, 0.1) is 17.1 Å². The van der Waals surface area contributed by atoms with E-state index in [4.69, 9.17) is 30.2 Å². The number of halogens is 1. The number of carbonyl (C=O) groups excluding carboxylic acids is 1. The summed E-state index contributed by atoms with van der Waals surface area (Å²) in [6.45, 7) is 2.44. The first-order valence-corrected chi connectivity index (χ1v) is 12.3. The number of ether oxygens (including phenoxy) is 3. The Balaban J connectivity index is 1.43. The van der Waals surface area contributed by atoms with Crippen molar-refractivity contribution in [1.29, 1.82) is 0 Å². The van der Waals surface area contributed by atoms with Gasteiger partial charge in [-0.3, -0.25) is 4.79 Å². The smallest absolute Gasteiger partial charge is 0.336 e. The average molecular weight is 493 g/mol. The van der Waals surface area contributed by atoms with Gasteiger partial charge in [0.25, 0.3) is 0 Å². The zero-order chi connectivity index (χ0) is 23.6. The molecule has 3 aromatic rings. The third-order valence-corrected chi connectivity index (χ3v) is 7.28. The highest BCUT2D eigenvalue weighted by Crippen LogP contribution is 2.32. The molecule has 0 unspecified atom stereocenters. The summed E-state index contributed by atoms with van der Waals surface area (Å²) in [7, 11) is -3.75. The van der Waals surface area contributed by atoms with Crippen molar-refractivity contribution in [3.63, 3.8) is 0 Å². The maximum Gasteiger partial charge on any atom is 0.336 e. The third-order valence-electron chi connectivity index (χ3n) is 5.21. The molecular weight excluding hydrogens is 472 g/mol. The van der Waals surface area contributed by atoms with E-state index in [2.05, 4.69) is 0 Å². The maximum atomic E-state index is 12.6. The van der Waals surface area contributed by atoms with Gasteiger partial charge < -0.3 is 18.6 Å². The van der Waals surface area contributed by atoms with Crippen LogP contribution in [0.4, 0.5) is 0 Å². The molecule has 2 aromatic carbocycles. The standard InChI is InChI=1S/C23H21ClO8S/c1-2-14-9-20-17(12-18(14)24)15(10-23(26)32-20)13-31-22(25)5-8-33(27,28)16-3-4-19-21(11-16)30-7-6-29-19/h3-4,9-12H,2,5-8,13H2,1H3. The second-order valence-corrected chi connectivity index (χ2v) is 9.94. The van der Waals surface area contributed by atoms with E-state index in [1.807, 2.05) is 6.92 Å². The number of rotatable bonds is 7. The van der Waals surface area contributed by atoms with Crippen LogP contribution >= 0.6 is 11.6 Å². The average Bonchev–Trinajstić information content (AvgIpc) is 2.80. The molecule has 0 bridgehead atoms. The molecule has 10 heteroatoms. The minimum atomic E-state index is -3.75. The number of carbonyl (C=O) groups is 1. The monoisotopic (exact) mass is 492 g/mol. The van der Waals surface area contributed by atoms with Crippen LogP contribution in [0.5, 0.6) is 11.5 Å². The molecule has 0 amide bonds. The van der Waals surface area contributed by atoms with Crippen molar-refractivity contribution >= 4 is 38.4 Å². The summed E-state index contributed by atoms with van der Waals surface area (Å²) >= 11 is 6.27. The summed E-state index contributed by atoms with van der Waals surface area (Å²) in [5, 5.41) is 1.06. The fraction of sp³-hybridized carbons (Fsp3) is 0.304. The quantitative estimate of drug-likeness (QED) is 0.363. The van der Waals surface area contributed by atoms with E-state index in [0.717, 1.165) is 5.56 Å². The number of aryl methyl sites for hydroxylation is 1. The van der Waals surface area contributed by atoms with Crippen LogP contribution in [0.25, 0.3) is 11.0 Å². The van der Waals surface area contributed by atoms with Gasteiger partial charge in [-0.05, 0) is 36.2 Å². The second kappa shape index (κ2) is 9.44. The first kappa shape index (κ1) is 23.1. The first-order valence-electron chi connectivity index (χ1n) is 10.3. The molecule has 0 spiro atoms. The van der Waals surface area contributed by atoms with Crippen LogP contribution in [-0.2, 0) is 32.4 Å². The van der Waals surface area contributed by atoms with Crippen LogP contribution in [0.15, 0.2) is 50.5 Å². The van der Waals surface area contributed by atoms with E-state index in [1.165, 1.54) is 24.3 Å². The van der Waals surface area contributed by atoms with Crippen LogP contribution in [0.2, 0.25) is 5.02 Å². The van der Waals surface area contributed by atoms with E-state index in [0.29, 0.717) is 52.7 Å². The zero-order valence-electron chi connectivity index (χ0n) is 17.8. The van der Waals surface area contributed by atoms with Crippen molar-refractivity contribution in [2.75, 3.05) is 19.0 Å². The Labute approximate surface area is 194 Å². The van der Waals surface area contributed by atoms with Gasteiger partial charge in [-0.15, -0.1) is 0 Å². The fourth-order valence-corrected chi connectivity index (χ4v) is 4.99. The lowest BCUT2D eigenvalue weighted by molar-refractivity contribution is -0.144. The minimum absolute atomic E-state index is 0.0348. The summed E-state index contributed by atoms with van der Waals surface area (Å²) in [5.74, 6) is -0.321. The molecule has 0 N–H and O–H groups in total. The van der Waals surface area contributed by atoms with Gasteiger partial charge in [-0.2, -0.15) is 0 Å². The van der Waals surface area contributed by atoms with Gasteiger partial charge in [0.2, 0.25) is 0 Å². The SMILES string of the molecule is CCc1cc2oc(=O)cc(COC(=O)CCS(=O)(=O)c3ccc4c(c3)OCCO4)c2cc1Cl. The van der Waals surface area contributed by atoms with Crippen LogP contribution < -0.4 is 15.1 Å². The van der Waals surface area contributed by atoms with E-state index in [9.17, 15) is 18.0 Å². The molecule has 8 nitrogen and oxygen atoms in total. The van der Waals surface area contributed by atoms with Crippen molar-refractivity contribution in [2.45, 2.75) is 31.3 Å². The molecule has 1 aliphatic heterocycles. The van der Waals surface area contributed by atoms with E-state index < -0.39 is 27.2 Å². The lowest BCUT2D eigenvalue weighted by Crippen LogP contribution is -2.17. The lowest BCUT2D eigenvalue weighted by Gasteiger charge is -2.18. The second-order valence-electron chi connectivity index (χ2n) is 7.42. The maximum absolute atomic E-state index is 12.6. The predicted octanol–water partition coefficient (Wildman–Crippen LogP) is 3.69. The highest BCUT2D eigenvalue weighted by molar-refractivity contribution is 7.91. The third kappa shape index (κ3) is 5.15. The topological polar surface area (TPSA) is 109 Å². The summed E-state index contributed by atoms with van der Waals surface area (Å²) in [5.41, 5.74) is 1.01. The molecule has 0 fully saturated rings. The molecule has 1 aliphatic rings. The van der Waals surface area contributed by atoms with E-state index in [1.54, 1.807) is 12.1 Å². The summed E-state index contributed by atoms with van der Waals surface area (Å²) in [4.78, 5) is 24.2. The molecule has 174 valence electrons. The zero-order valence-corrected chi connectivity index (χ0v) is 19.3. The minimum Gasteiger partial charge on any atom is -0.486 e. The Morgan fingerprint density at radius 3 is 2.58 bits per heavy atom. The van der Waals surface area contributed by atoms with Crippen molar-refractivity contribution in [2.24, 2.45) is 0 Å². The molecular formula is C23H21ClO8S. The van der Waals surface area contributed by atoms with Crippen molar-refractivity contribution < 1.29 is 31.8 Å². The Kier molecular flexibility index (Phi) is 6.62. The summed E-state index contributed by atoms with van der Waals surface area (Å²) < 4.78 is 46.6. The van der Waals surface area contributed by atoms with Crippen LogP contribution in [0.1, 0.15) is 24.5 Å². The van der Waals surface area contributed by atoms with Crippen LogP contribution in [0, 0.1) is 0 Å². The Bertz CT molecular complexity index is 1380. The van der Waals surface area contributed by atoms with E-state index in [-0.39, 0.29) is 17.9 Å². The van der Waals surface area contributed by atoms with E-state index >= 15 is 0 Å². The molecule has 0 saturated heterocycles. The van der Waals surface area contributed by atoms with Gasteiger partial charge in [0.1, 0.15) is 25.4 Å². The number of hydrogen-bond acceptors (Lipinski definition) is 8. The van der Waals surface area contributed by atoms with Crippen molar-refractivity contribution in [1.82, 2.24) is 0 Å². The molecule has 1 aromatic heterocycles. The van der Waals surface area contributed by atoms with Gasteiger partial charge in [-0.25, -0.2) is 13.2 Å². The highest BCUT2D eigenvalue weighted by atomic mass is 35.5. The molecule has 4 rings (SSSR count). The number of esters is 1. The first-order chi connectivity index (χ1) is 15.8. The predicted molar refractivity (Wildman–Crippen MR) is 121 cm³/mol. The number of benzene rings is 2. The summed E-state index contributed by atoms with van der Waals surface area (Å²) in [6, 6.07) is 8.90. The Morgan fingerprint density at radius 1 is 1.06 bits per heavy atom. The molecule has 0 atom stereocenters. The number of sulfone groups is 1. The van der Waals surface area contributed by atoms with Gasteiger partial charge >= 0.3 is 11.6 Å². The van der Waals surface area contributed by atoms with Crippen molar-refractivity contribution in [3.8, 4) is 11.5 Å². The van der Waals surface area contributed by atoms with Gasteiger partial charge in [0.15, 0.2) is 21.3 Å². The Hall–Kier alpha value is -3.04. The molecule has 0 saturated carbocycles. The number of hydrogen-bond donors (Lipinski definition) is 0. The Morgan fingerprint density at radius 2 is 1.82 bits per heavy atom. The molecule has 0 aliphatic carbocycles. The number of fused-ring (bicyclic) bond motifs is 2. The highest BCUT2D eigenvalue weighted by Gasteiger charge is 2.21. The largest absolute Gasteiger partial charge is 0.486 e. The fourth-order valence-electron chi connectivity index (χ4n) is 3.46. The van der Waals surface area contributed by atoms with Gasteiger partial charge in [0, 0.05) is 28.1 Å². The molecule has 33 heavy (non-hydrogen) atoms.